The topological polar surface area (TPSA) is 131 Å². The van der Waals surface area contributed by atoms with Crippen LogP contribution in [0.4, 0.5) is 23.1 Å². The van der Waals surface area contributed by atoms with Crippen molar-refractivity contribution in [2.45, 2.75) is 0 Å². The van der Waals surface area contributed by atoms with Crippen molar-refractivity contribution in [1.29, 1.82) is 0 Å². The minimum Gasteiger partial charge on any atom is -0.478 e. The molecule has 0 aliphatic rings. The Morgan fingerprint density at radius 1 is 1.03 bits per heavy atom. The molecule has 0 radical (unpaired) electrons. The number of carboxylic acid groups (broad SMARTS) is 1. The lowest BCUT2D eigenvalue weighted by atomic mass is 10.2. The second-order valence-electron chi connectivity index (χ2n) is 6.95. The smallest absolute Gasteiger partial charge is 0.343 e. The predicted octanol–water partition coefficient (Wildman–Crippen LogP) is 3.70. The van der Waals surface area contributed by atoms with Crippen molar-refractivity contribution in [3.63, 3.8) is 0 Å². The first kappa shape index (κ1) is 22.0. The number of hydrogen-bond donors (Lipinski definition) is 3. The first-order valence-electron chi connectivity index (χ1n) is 9.16. The predicted molar refractivity (Wildman–Crippen MR) is 119 cm³/mol. The van der Waals surface area contributed by atoms with Crippen molar-refractivity contribution in [3.8, 4) is 0 Å². The number of para-hydroxylation sites is 1. The number of nitrogens with one attached hydrogen (secondary N) is 2. The fourth-order valence-corrected chi connectivity index (χ4v) is 3.95. The summed E-state index contributed by atoms with van der Waals surface area (Å²) >= 11 is 0. The average Bonchev–Trinajstić information content (AvgIpc) is 2.73. The normalized spacial score (nSPS) is 10.9. The van der Waals surface area contributed by atoms with Gasteiger partial charge < -0.3 is 25.0 Å². The number of aromatic carboxylic acids is 1. The molecule has 10 heteroatoms. The summed E-state index contributed by atoms with van der Waals surface area (Å²) < 4.78 is 17.5. The van der Waals surface area contributed by atoms with Crippen LogP contribution in [0.15, 0.2) is 54.7 Å². The van der Waals surface area contributed by atoms with E-state index in [0.29, 0.717) is 16.7 Å². The summed E-state index contributed by atoms with van der Waals surface area (Å²) in [7, 11) is -1.35. The minimum absolute atomic E-state index is 0.103. The number of nitrogens with zero attached hydrogens (tertiary/aromatic N) is 2. The molecule has 3 N–H and O–H groups in total. The van der Waals surface area contributed by atoms with Gasteiger partial charge in [-0.1, -0.05) is 12.1 Å². The van der Waals surface area contributed by atoms with E-state index in [1.807, 2.05) is 0 Å². The first-order valence-corrected chi connectivity index (χ1v) is 11.8. The number of aromatic nitrogens is 2. The number of carbonyl (C=O) groups is 2. The van der Waals surface area contributed by atoms with Gasteiger partial charge in [0, 0.05) is 17.2 Å². The van der Waals surface area contributed by atoms with Gasteiger partial charge in [0.05, 0.1) is 18.4 Å². The first-order chi connectivity index (χ1) is 14.7. The Bertz CT molecular complexity index is 1170. The highest BCUT2D eigenvalue weighted by Gasteiger charge is 2.20. The average molecular weight is 440 g/mol. The van der Waals surface area contributed by atoms with Crippen LogP contribution >= 0.6 is 7.14 Å². The molecule has 0 aliphatic heterocycles. The number of rotatable bonds is 7. The zero-order chi connectivity index (χ0) is 22.6. The van der Waals surface area contributed by atoms with Gasteiger partial charge in [0.15, 0.2) is 5.82 Å². The van der Waals surface area contributed by atoms with Gasteiger partial charge in [-0.15, -0.1) is 0 Å². The van der Waals surface area contributed by atoms with Crippen LogP contribution in [0.2, 0.25) is 0 Å². The fraction of sp³-hybridized carbons (Fsp3) is 0.143. The van der Waals surface area contributed by atoms with E-state index >= 15 is 0 Å². The van der Waals surface area contributed by atoms with Crippen molar-refractivity contribution in [2.24, 2.45) is 0 Å². The molecule has 1 aromatic heterocycles. The van der Waals surface area contributed by atoms with Gasteiger partial charge in [0.25, 0.3) is 0 Å². The molecule has 160 valence electrons. The van der Waals surface area contributed by atoms with Gasteiger partial charge in [0.1, 0.15) is 12.7 Å². The summed E-state index contributed by atoms with van der Waals surface area (Å²) in [6, 6.07) is 13.1. The Balaban J connectivity index is 1.98. The summed E-state index contributed by atoms with van der Waals surface area (Å²) in [5.74, 6) is -1.31. The fourth-order valence-electron chi connectivity index (χ4n) is 2.80. The van der Waals surface area contributed by atoms with Crippen LogP contribution in [0.3, 0.4) is 0 Å². The van der Waals surface area contributed by atoms with E-state index in [1.165, 1.54) is 25.4 Å². The van der Waals surface area contributed by atoms with Crippen molar-refractivity contribution in [2.75, 3.05) is 31.1 Å². The van der Waals surface area contributed by atoms with Gasteiger partial charge in [-0.3, -0.25) is 0 Å². The molecule has 1 heterocycles. The third-order valence-electron chi connectivity index (χ3n) is 4.32. The maximum absolute atomic E-state index is 12.7. The van der Waals surface area contributed by atoms with Gasteiger partial charge >= 0.3 is 11.9 Å². The summed E-state index contributed by atoms with van der Waals surface area (Å²) in [4.78, 5) is 31.7. The Morgan fingerprint density at radius 2 is 1.71 bits per heavy atom. The molecular formula is C21H21N4O5P. The number of carbonyl (C=O) groups excluding carboxylic acids is 1. The summed E-state index contributed by atoms with van der Waals surface area (Å²) in [5.41, 5.74) is 1.37. The minimum atomic E-state index is -2.60. The van der Waals surface area contributed by atoms with E-state index in [4.69, 9.17) is 9.84 Å². The van der Waals surface area contributed by atoms with Crippen molar-refractivity contribution >= 4 is 47.5 Å². The van der Waals surface area contributed by atoms with Gasteiger partial charge in [-0.05, 0) is 49.7 Å². The summed E-state index contributed by atoms with van der Waals surface area (Å²) in [5, 5.41) is 15.7. The third kappa shape index (κ3) is 5.26. The van der Waals surface area contributed by atoms with Crippen LogP contribution in [0.1, 0.15) is 20.7 Å². The van der Waals surface area contributed by atoms with E-state index in [-0.39, 0.29) is 22.9 Å². The molecule has 0 amide bonds. The van der Waals surface area contributed by atoms with Crippen LogP contribution in [0.25, 0.3) is 0 Å². The molecule has 0 atom stereocenters. The maximum atomic E-state index is 12.7. The monoisotopic (exact) mass is 440 g/mol. The van der Waals surface area contributed by atoms with Gasteiger partial charge in [-0.2, -0.15) is 4.98 Å². The standard InChI is InChI=1S/C21H21N4O5P/c1-30-20(28)15-12-22-21(23-14-10-8-13(9-11-14)19(26)27)25-18(15)24-16-6-4-5-7-17(16)31(2,3)29/h4-12H,1-3H3,(H,26,27)(H2,22,23,24,25). The zero-order valence-electron chi connectivity index (χ0n) is 17.1. The van der Waals surface area contributed by atoms with E-state index in [0.717, 1.165) is 0 Å². The molecule has 0 saturated carbocycles. The summed E-state index contributed by atoms with van der Waals surface area (Å²) in [6.45, 7) is 3.31. The number of ether oxygens (including phenoxy) is 1. The number of carboxylic acids is 1. The van der Waals surface area contributed by atoms with Crippen LogP contribution in [0, 0.1) is 0 Å². The molecule has 2 aromatic carbocycles. The molecule has 0 aliphatic carbocycles. The van der Waals surface area contributed by atoms with Gasteiger partial charge in [-0.25, -0.2) is 14.6 Å². The largest absolute Gasteiger partial charge is 0.478 e. The highest BCUT2D eigenvalue weighted by molar-refractivity contribution is 7.70. The van der Waals surface area contributed by atoms with Crippen molar-refractivity contribution < 1.29 is 24.0 Å². The molecule has 3 rings (SSSR count). The van der Waals surface area contributed by atoms with E-state index in [1.54, 1.807) is 49.7 Å². The van der Waals surface area contributed by atoms with Crippen molar-refractivity contribution in [3.05, 3.63) is 65.9 Å². The molecule has 0 unspecified atom stereocenters. The molecule has 0 saturated heterocycles. The molecule has 3 aromatic rings. The van der Waals surface area contributed by atoms with Crippen LogP contribution in [0.5, 0.6) is 0 Å². The Labute approximate surface area is 178 Å². The zero-order valence-corrected chi connectivity index (χ0v) is 18.0. The van der Waals surface area contributed by atoms with E-state index in [2.05, 4.69) is 20.6 Å². The maximum Gasteiger partial charge on any atom is 0.343 e. The quantitative estimate of drug-likeness (QED) is 0.372. The Hall–Kier alpha value is -3.71. The van der Waals surface area contributed by atoms with Crippen molar-refractivity contribution in [1.82, 2.24) is 9.97 Å². The van der Waals surface area contributed by atoms with Crippen LogP contribution in [-0.2, 0) is 9.30 Å². The Morgan fingerprint density at radius 3 is 2.32 bits per heavy atom. The lowest BCUT2D eigenvalue weighted by molar-refractivity contribution is 0.0600. The molecule has 0 spiro atoms. The number of methoxy groups -OCH3 is 1. The number of esters is 1. The number of anilines is 4. The second kappa shape index (κ2) is 8.97. The van der Waals surface area contributed by atoms with E-state index in [9.17, 15) is 14.2 Å². The van der Waals surface area contributed by atoms with E-state index < -0.39 is 19.1 Å². The highest BCUT2D eigenvalue weighted by atomic mass is 31.2. The molecule has 31 heavy (non-hydrogen) atoms. The van der Waals surface area contributed by atoms with Gasteiger partial charge in [0.2, 0.25) is 5.95 Å². The number of benzene rings is 2. The highest BCUT2D eigenvalue weighted by Crippen LogP contribution is 2.38. The van der Waals surface area contributed by atoms with Crippen LogP contribution in [-0.4, -0.2) is 47.5 Å². The Kier molecular flexibility index (Phi) is 6.36. The third-order valence-corrected chi connectivity index (χ3v) is 5.87. The molecule has 9 nitrogen and oxygen atoms in total. The summed E-state index contributed by atoms with van der Waals surface area (Å²) in [6.07, 6.45) is 1.31. The molecule has 0 bridgehead atoms. The lowest BCUT2D eigenvalue weighted by Crippen LogP contribution is -2.14. The molecule has 0 fully saturated rings. The van der Waals surface area contributed by atoms with Crippen LogP contribution < -0.4 is 15.9 Å². The lowest BCUT2D eigenvalue weighted by Gasteiger charge is -2.16. The second-order valence-corrected chi connectivity index (χ2v) is 10.1. The molecular weight excluding hydrogens is 419 g/mol. The SMILES string of the molecule is COC(=O)c1cnc(Nc2ccc(C(=O)O)cc2)nc1Nc1ccccc1P(C)(C)=O. The number of hydrogen-bond acceptors (Lipinski definition) is 8.